The molecule has 2 atom stereocenters. The first kappa shape index (κ1) is 23.8. The Labute approximate surface area is 176 Å². The quantitative estimate of drug-likeness (QED) is 0.609. The highest BCUT2D eigenvalue weighted by Crippen LogP contribution is 2.17. The zero-order valence-electron chi connectivity index (χ0n) is 17.5. The number of nitrogens with one attached hydrogen (secondary N) is 1. The molecule has 0 aromatic heterocycles. The number of sulfonamides is 1. The van der Waals surface area contributed by atoms with Crippen LogP contribution in [-0.2, 0) is 33.9 Å². The first-order chi connectivity index (χ1) is 14.0. The highest BCUT2D eigenvalue weighted by atomic mass is 32.2. The third-order valence-corrected chi connectivity index (χ3v) is 6.18. The lowest BCUT2D eigenvalue weighted by Crippen LogP contribution is -2.49. The summed E-state index contributed by atoms with van der Waals surface area (Å²) in [4.78, 5) is 36.9. The van der Waals surface area contributed by atoms with E-state index in [0.717, 1.165) is 4.31 Å². The fourth-order valence-corrected chi connectivity index (χ4v) is 4.14. The molecule has 0 bridgehead atoms. The van der Waals surface area contributed by atoms with Crippen molar-refractivity contribution in [2.24, 2.45) is 0 Å². The van der Waals surface area contributed by atoms with Crippen molar-refractivity contribution in [3.05, 3.63) is 24.3 Å². The van der Waals surface area contributed by atoms with Gasteiger partial charge in [-0.1, -0.05) is 0 Å². The van der Waals surface area contributed by atoms with Crippen molar-refractivity contribution in [1.29, 1.82) is 0 Å². The molecular formula is C19H27N3O7S. The van der Waals surface area contributed by atoms with Crippen LogP contribution in [0.1, 0.15) is 20.8 Å². The zero-order valence-corrected chi connectivity index (χ0v) is 18.3. The number of benzene rings is 1. The first-order valence-corrected chi connectivity index (χ1v) is 10.9. The Bertz CT molecular complexity index is 876. The summed E-state index contributed by atoms with van der Waals surface area (Å²) in [5, 5.41) is 2.54. The number of likely N-dealkylation sites (N-methyl/N-ethyl adjacent to an activating group) is 1. The predicted octanol–water partition coefficient (Wildman–Crippen LogP) is 0.445. The first-order valence-electron chi connectivity index (χ1n) is 9.42. The van der Waals surface area contributed by atoms with Crippen LogP contribution in [0.2, 0.25) is 0 Å². The molecule has 1 N–H and O–H groups in total. The number of morpholine rings is 1. The molecule has 166 valence electrons. The average Bonchev–Trinajstić information content (AvgIpc) is 2.65. The van der Waals surface area contributed by atoms with E-state index in [2.05, 4.69) is 5.32 Å². The van der Waals surface area contributed by atoms with Crippen LogP contribution in [-0.4, -0.2) is 80.9 Å². The Morgan fingerprint density at radius 3 is 2.27 bits per heavy atom. The number of rotatable bonds is 7. The molecule has 0 spiro atoms. The summed E-state index contributed by atoms with van der Waals surface area (Å²) in [7, 11) is -2.70. The van der Waals surface area contributed by atoms with Crippen molar-refractivity contribution < 1.29 is 32.3 Å². The van der Waals surface area contributed by atoms with Crippen LogP contribution >= 0.6 is 0 Å². The molecule has 2 amide bonds. The molecular weight excluding hydrogens is 414 g/mol. The molecule has 1 fully saturated rings. The maximum atomic E-state index is 12.6. The molecule has 1 aliphatic rings. The fourth-order valence-electron chi connectivity index (χ4n) is 3.02. The van der Waals surface area contributed by atoms with Gasteiger partial charge >= 0.3 is 5.97 Å². The Hall–Kier alpha value is -2.50. The molecule has 1 aromatic rings. The number of hydrogen-bond acceptors (Lipinski definition) is 7. The zero-order chi connectivity index (χ0) is 22.5. The molecule has 1 heterocycles. The molecule has 30 heavy (non-hydrogen) atoms. The molecule has 0 aliphatic carbocycles. The summed E-state index contributed by atoms with van der Waals surface area (Å²) < 4.78 is 36.6. The summed E-state index contributed by atoms with van der Waals surface area (Å²) in [6.07, 6.45) is -0.219. The van der Waals surface area contributed by atoms with Crippen LogP contribution in [0, 0.1) is 0 Å². The summed E-state index contributed by atoms with van der Waals surface area (Å²) in [5.41, 5.74) is 0.453. The van der Waals surface area contributed by atoms with E-state index in [9.17, 15) is 22.8 Å². The number of nitrogens with zero attached hydrogens (tertiary/aromatic N) is 2. The lowest BCUT2D eigenvalue weighted by atomic mass is 10.2. The Balaban J connectivity index is 1.89. The van der Waals surface area contributed by atoms with Crippen molar-refractivity contribution >= 4 is 33.5 Å². The molecule has 0 radical (unpaired) electrons. The minimum Gasteiger partial charge on any atom is -0.455 e. The molecule has 0 unspecified atom stereocenters. The second-order valence-corrected chi connectivity index (χ2v) is 9.23. The van der Waals surface area contributed by atoms with E-state index in [4.69, 9.17) is 9.47 Å². The van der Waals surface area contributed by atoms with E-state index in [1.807, 2.05) is 13.8 Å². The minimum absolute atomic E-state index is 0.0423. The van der Waals surface area contributed by atoms with Gasteiger partial charge in [0, 0.05) is 32.7 Å². The summed E-state index contributed by atoms with van der Waals surface area (Å²) in [6, 6.07) is 5.55. The van der Waals surface area contributed by atoms with Gasteiger partial charge < -0.3 is 19.7 Å². The van der Waals surface area contributed by atoms with Crippen molar-refractivity contribution in [3.63, 3.8) is 0 Å². The number of amides is 2. The van der Waals surface area contributed by atoms with E-state index in [1.165, 1.54) is 38.2 Å². The van der Waals surface area contributed by atoms with Crippen molar-refractivity contribution in [1.82, 2.24) is 9.21 Å². The lowest BCUT2D eigenvalue weighted by Gasteiger charge is -2.35. The number of ether oxygens (including phenoxy) is 2. The number of carbonyl (C=O) groups excluding carboxylic acids is 3. The number of hydrogen-bond donors (Lipinski definition) is 1. The molecule has 11 heteroatoms. The van der Waals surface area contributed by atoms with E-state index in [-0.39, 0.29) is 28.9 Å². The summed E-state index contributed by atoms with van der Waals surface area (Å²) >= 11 is 0. The van der Waals surface area contributed by atoms with Gasteiger partial charge in [-0.2, -0.15) is 4.31 Å². The molecule has 0 saturated carbocycles. The minimum atomic E-state index is -3.94. The molecule has 1 saturated heterocycles. The van der Waals surface area contributed by atoms with Crippen molar-refractivity contribution in [2.75, 3.05) is 38.6 Å². The van der Waals surface area contributed by atoms with E-state index < -0.39 is 29.1 Å². The SMILES string of the molecule is CC(=O)Nc1ccc(S(=O)(=O)N(C)CC(=O)OCC(=O)N2C[C@@H](C)O[C@H](C)C2)cc1. The third-order valence-electron chi connectivity index (χ3n) is 4.36. The van der Waals surface area contributed by atoms with Gasteiger partial charge in [0.1, 0.15) is 6.54 Å². The standard InChI is InChI=1S/C19H27N3O7S/c1-13-9-22(10-14(2)29-13)18(24)12-28-19(25)11-21(4)30(26,27)17-7-5-16(6-8-17)20-15(3)23/h5-8,13-14H,9-12H2,1-4H3,(H,20,23)/t13-,14-/m1/s1. The van der Waals surface area contributed by atoms with Crippen LogP contribution in [0.4, 0.5) is 5.69 Å². The van der Waals surface area contributed by atoms with Gasteiger partial charge in [0.25, 0.3) is 5.91 Å². The van der Waals surface area contributed by atoms with Crippen LogP contribution in [0.25, 0.3) is 0 Å². The van der Waals surface area contributed by atoms with Gasteiger partial charge in [0.05, 0.1) is 17.1 Å². The molecule has 1 aliphatic heterocycles. The monoisotopic (exact) mass is 441 g/mol. The average molecular weight is 442 g/mol. The Morgan fingerprint density at radius 1 is 1.17 bits per heavy atom. The van der Waals surface area contributed by atoms with Crippen molar-refractivity contribution in [2.45, 2.75) is 37.9 Å². The van der Waals surface area contributed by atoms with Crippen LogP contribution < -0.4 is 5.32 Å². The summed E-state index contributed by atoms with van der Waals surface area (Å²) in [5.74, 6) is -1.47. The predicted molar refractivity (Wildman–Crippen MR) is 108 cm³/mol. The summed E-state index contributed by atoms with van der Waals surface area (Å²) in [6.45, 7) is 4.85. The second kappa shape index (κ2) is 10.0. The molecule has 1 aromatic carbocycles. The van der Waals surface area contributed by atoms with Gasteiger partial charge in [0.2, 0.25) is 15.9 Å². The highest BCUT2D eigenvalue weighted by molar-refractivity contribution is 7.89. The van der Waals surface area contributed by atoms with Gasteiger partial charge in [-0.05, 0) is 38.1 Å². The van der Waals surface area contributed by atoms with Crippen LogP contribution in [0.5, 0.6) is 0 Å². The van der Waals surface area contributed by atoms with Crippen molar-refractivity contribution in [3.8, 4) is 0 Å². The maximum absolute atomic E-state index is 12.6. The second-order valence-electron chi connectivity index (χ2n) is 7.18. The van der Waals surface area contributed by atoms with E-state index in [0.29, 0.717) is 18.8 Å². The normalized spacial score (nSPS) is 19.4. The Morgan fingerprint density at radius 2 is 1.73 bits per heavy atom. The number of esters is 1. The number of carbonyl (C=O) groups is 3. The fraction of sp³-hybridized carbons (Fsp3) is 0.526. The maximum Gasteiger partial charge on any atom is 0.321 e. The highest BCUT2D eigenvalue weighted by Gasteiger charge is 2.27. The van der Waals surface area contributed by atoms with E-state index >= 15 is 0 Å². The number of anilines is 1. The van der Waals surface area contributed by atoms with Gasteiger partial charge in [-0.25, -0.2) is 8.42 Å². The Kier molecular flexibility index (Phi) is 7.93. The van der Waals surface area contributed by atoms with Crippen LogP contribution in [0.3, 0.4) is 0 Å². The third kappa shape index (κ3) is 6.51. The molecule has 2 rings (SSSR count). The van der Waals surface area contributed by atoms with E-state index in [1.54, 1.807) is 4.90 Å². The van der Waals surface area contributed by atoms with Crippen LogP contribution in [0.15, 0.2) is 29.2 Å². The largest absolute Gasteiger partial charge is 0.455 e. The topological polar surface area (TPSA) is 122 Å². The van der Waals surface area contributed by atoms with Gasteiger partial charge in [-0.15, -0.1) is 0 Å². The smallest absolute Gasteiger partial charge is 0.321 e. The van der Waals surface area contributed by atoms with Gasteiger partial charge in [0.15, 0.2) is 6.61 Å². The molecule has 10 nitrogen and oxygen atoms in total. The van der Waals surface area contributed by atoms with Gasteiger partial charge in [-0.3, -0.25) is 14.4 Å². The lowest BCUT2D eigenvalue weighted by molar-refractivity contribution is -0.157.